The van der Waals surface area contributed by atoms with Crippen LogP contribution >= 0.6 is 11.8 Å². The first-order valence-electron chi connectivity index (χ1n) is 7.22. The molecule has 0 radical (unpaired) electrons. The summed E-state index contributed by atoms with van der Waals surface area (Å²) in [4.78, 5) is 0. The van der Waals surface area contributed by atoms with Gasteiger partial charge in [-0.15, -0.1) is 10.2 Å². The average Bonchev–Trinajstić information content (AvgIpc) is 3.19. The lowest BCUT2D eigenvalue weighted by atomic mass is 10.1. The second-order valence-corrected chi connectivity index (χ2v) is 6.44. The Morgan fingerprint density at radius 3 is 2.70 bits per heavy atom. The molecule has 0 saturated heterocycles. The molecule has 3 aromatic rings. The van der Waals surface area contributed by atoms with Gasteiger partial charge in [-0.3, -0.25) is 0 Å². The molecule has 0 unspecified atom stereocenters. The van der Waals surface area contributed by atoms with Crippen LogP contribution in [0.2, 0.25) is 0 Å². The highest BCUT2D eigenvalue weighted by Crippen LogP contribution is 2.27. The number of aromatic nitrogens is 3. The van der Waals surface area contributed by atoms with Crippen molar-refractivity contribution in [2.75, 3.05) is 0 Å². The molecule has 0 saturated carbocycles. The fraction of sp³-hybridized carbons (Fsp3) is 0.235. The molecule has 23 heavy (non-hydrogen) atoms. The van der Waals surface area contributed by atoms with Crippen molar-refractivity contribution in [2.24, 2.45) is 7.05 Å². The zero-order valence-electron chi connectivity index (χ0n) is 12.9. The van der Waals surface area contributed by atoms with Gasteiger partial charge in [0, 0.05) is 7.05 Å². The topological polar surface area (TPSA) is 67.6 Å². The van der Waals surface area contributed by atoms with Gasteiger partial charge in [-0.25, -0.2) is 0 Å². The van der Waals surface area contributed by atoms with E-state index < -0.39 is 0 Å². The van der Waals surface area contributed by atoms with Crippen LogP contribution in [-0.4, -0.2) is 20.0 Å². The second kappa shape index (κ2) is 6.71. The zero-order valence-corrected chi connectivity index (χ0v) is 13.7. The third-order valence-corrected chi connectivity index (χ3v) is 4.63. The van der Waals surface area contributed by atoms with Crippen LogP contribution in [0.1, 0.15) is 11.1 Å². The summed E-state index contributed by atoms with van der Waals surface area (Å²) in [7, 11) is 1.88. The number of furan rings is 1. The van der Waals surface area contributed by atoms with Gasteiger partial charge in [0.2, 0.25) is 0 Å². The van der Waals surface area contributed by atoms with E-state index in [1.165, 1.54) is 17.3 Å². The molecule has 1 aromatic carbocycles. The molecular formula is C17H16N4OS. The Hall–Kier alpha value is -2.52. The molecule has 3 rings (SSSR count). The Morgan fingerprint density at radius 1 is 1.26 bits per heavy atom. The predicted octanol–water partition coefficient (Wildman–Crippen LogP) is 3.61. The van der Waals surface area contributed by atoms with Crippen LogP contribution in [0.3, 0.4) is 0 Å². The van der Waals surface area contributed by atoms with Crippen molar-refractivity contribution in [3.8, 4) is 17.7 Å². The molecule has 0 aliphatic rings. The quantitative estimate of drug-likeness (QED) is 0.671. The minimum Gasteiger partial charge on any atom is -0.461 e. The highest BCUT2D eigenvalue weighted by atomic mass is 32.2. The molecule has 1 atom stereocenters. The molecule has 116 valence electrons. The molecular weight excluding hydrogens is 308 g/mol. The van der Waals surface area contributed by atoms with Crippen molar-refractivity contribution in [2.45, 2.75) is 23.8 Å². The van der Waals surface area contributed by atoms with Crippen LogP contribution in [-0.2, 0) is 13.5 Å². The summed E-state index contributed by atoms with van der Waals surface area (Å²) >= 11 is 1.42. The third kappa shape index (κ3) is 3.46. The fourth-order valence-electron chi connectivity index (χ4n) is 2.22. The van der Waals surface area contributed by atoms with Crippen molar-refractivity contribution >= 4 is 11.8 Å². The van der Waals surface area contributed by atoms with Crippen molar-refractivity contribution in [3.63, 3.8) is 0 Å². The SMILES string of the molecule is Cc1ccc(C[C@@H](C#N)Sc2nnc(-c3ccco3)n2C)cc1. The van der Waals surface area contributed by atoms with E-state index in [1.807, 2.05) is 23.7 Å². The van der Waals surface area contributed by atoms with E-state index in [0.717, 1.165) is 5.56 Å². The van der Waals surface area contributed by atoms with Gasteiger partial charge in [-0.2, -0.15) is 5.26 Å². The molecule has 6 heteroatoms. The normalized spacial score (nSPS) is 12.0. The minimum atomic E-state index is -0.218. The first-order chi connectivity index (χ1) is 11.2. The number of benzene rings is 1. The number of nitrogens with zero attached hydrogens (tertiary/aromatic N) is 4. The summed E-state index contributed by atoms with van der Waals surface area (Å²) in [6.45, 7) is 2.05. The second-order valence-electron chi connectivity index (χ2n) is 5.27. The van der Waals surface area contributed by atoms with E-state index in [4.69, 9.17) is 4.42 Å². The summed E-state index contributed by atoms with van der Waals surface area (Å²) < 4.78 is 7.20. The lowest BCUT2D eigenvalue weighted by Gasteiger charge is -2.09. The highest BCUT2D eigenvalue weighted by molar-refractivity contribution is 8.00. The molecule has 0 spiro atoms. The van der Waals surface area contributed by atoms with Crippen LogP contribution < -0.4 is 0 Å². The summed E-state index contributed by atoms with van der Waals surface area (Å²) in [5, 5.41) is 18.3. The van der Waals surface area contributed by atoms with Crippen LogP contribution in [0.5, 0.6) is 0 Å². The molecule has 0 N–H and O–H groups in total. The molecule has 0 amide bonds. The van der Waals surface area contributed by atoms with E-state index >= 15 is 0 Å². The lowest BCUT2D eigenvalue weighted by molar-refractivity contribution is 0.572. The predicted molar refractivity (Wildman–Crippen MR) is 88.8 cm³/mol. The number of hydrogen-bond acceptors (Lipinski definition) is 5. The van der Waals surface area contributed by atoms with Gasteiger partial charge in [-0.1, -0.05) is 41.6 Å². The van der Waals surface area contributed by atoms with Crippen molar-refractivity contribution < 1.29 is 4.42 Å². The molecule has 0 aliphatic heterocycles. The maximum atomic E-state index is 9.44. The van der Waals surface area contributed by atoms with Crippen molar-refractivity contribution in [1.82, 2.24) is 14.8 Å². The monoisotopic (exact) mass is 324 g/mol. The van der Waals surface area contributed by atoms with Gasteiger partial charge in [-0.05, 0) is 31.0 Å². The number of rotatable bonds is 5. The average molecular weight is 324 g/mol. The zero-order chi connectivity index (χ0) is 16.2. The van der Waals surface area contributed by atoms with Gasteiger partial charge >= 0.3 is 0 Å². The van der Waals surface area contributed by atoms with Gasteiger partial charge in [0.1, 0.15) is 5.25 Å². The van der Waals surface area contributed by atoms with E-state index in [2.05, 4.69) is 47.5 Å². The molecule has 2 aromatic heterocycles. The first kappa shape index (κ1) is 15.4. The molecule has 0 fully saturated rings. The van der Waals surface area contributed by atoms with Gasteiger partial charge in [0.05, 0.1) is 12.3 Å². The minimum absolute atomic E-state index is 0.218. The highest BCUT2D eigenvalue weighted by Gasteiger charge is 2.18. The molecule has 0 bridgehead atoms. The number of thioether (sulfide) groups is 1. The number of hydrogen-bond donors (Lipinski definition) is 0. The molecule has 2 heterocycles. The summed E-state index contributed by atoms with van der Waals surface area (Å²) in [5.74, 6) is 1.32. The van der Waals surface area contributed by atoms with Gasteiger partial charge in [0.25, 0.3) is 0 Å². The summed E-state index contributed by atoms with van der Waals surface area (Å²) in [5.41, 5.74) is 2.36. The van der Waals surface area contributed by atoms with Crippen molar-refractivity contribution in [1.29, 1.82) is 5.26 Å². The number of nitriles is 1. The molecule has 0 aliphatic carbocycles. The number of aryl methyl sites for hydroxylation is 1. The largest absolute Gasteiger partial charge is 0.461 e. The Balaban J connectivity index is 1.75. The first-order valence-corrected chi connectivity index (χ1v) is 8.10. The van der Waals surface area contributed by atoms with Crippen LogP contribution in [0.25, 0.3) is 11.6 Å². The fourth-order valence-corrected chi connectivity index (χ4v) is 3.13. The maximum absolute atomic E-state index is 9.44. The smallest absolute Gasteiger partial charge is 0.200 e. The Bertz CT molecular complexity index is 815. The van der Waals surface area contributed by atoms with Gasteiger partial charge in [0.15, 0.2) is 16.7 Å². The summed E-state index contributed by atoms with van der Waals surface area (Å²) in [6, 6.07) is 14.2. The standard InChI is InChI=1S/C17H16N4OS/c1-12-5-7-13(8-6-12)10-14(11-18)23-17-20-19-16(21(17)2)15-4-3-9-22-15/h3-9,14H,10H2,1-2H3/t14-/m0/s1. The van der Waals surface area contributed by atoms with Gasteiger partial charge < -0.3 is 8.98 Å². The lowest BCUT2D eigenvalue weighted by Crippen LogP contribution is -2.06. The van der Waals surface area contributed by atoms with E-state index in [0.29, 0.717) is 23.2 Å². The Kier molecular flexibility index (Phi) is 4.49. The maximum Gasteiger partial charge on any atom is 0.200 e. The van der Waals surface area contributed by atoms with Crippen LogP contribution in [0.4, 0.5) is 0 Å². The van der Waals surface area contributed by atoms with E-state index in [1.54, 1.807) is 6.26 Å². The molecule has 5 nitrogen and oxygen atoms in total. The van der Waals surface area contributed by atoms with E-state index in [9.17, 15) is 5.26 Å². The Morgan fingerprint density at radius 2 is 2.04 bits per heavy atom. The Labute approximate surface area is 139 Å². The van der Waals surface area contributed by atoms with Crippen molar-refractivity contribution in [3.05, 3.63) is 53.8 Å². The van der Waals surface area contributed by atoms with Crippen LogP contribution in [0, 0.1) is 18.3 Å². The third-order valence-electron chi connectivity index (χ3n) is 3.51. The summed E-state index contributed by atoms with van der Waals surface area (Å²) in [6.07, 6.45) is 2.27. The van der Waals surface area contributed by atoms with Crippen LogP contribution in [0.15, 0.2) is 52.2 Å². The van der Waals surface area contributed by atoms with E-state index in [-0.39, 0.29) is 5.25 Å².